The first kappa shape index (κ1) is 11.0. The molecular weight excluding hydrogens is 139 g/mol. The summed E-state index contributed by atoms with van der Waals surface area (Å²) in [5, 5.41) is 17.9. The Hall–Kier alpha value is -0.0151. The van der Waals surface area contributed by atoms with E-state index in [2.05, 4.69) is 13.8 Å². The molecule has 66 valence electrons. The average Bonchev–Trinajstić information content (AvgIpc) is 1.97. The standard InChI is InChI=1S/C8H19BO2/c1-3-5-7-8(6-4-2)9(10)11/h8,10-11H,3-7H2,1-2H3. The monoisotopic (exact) mass is 158 g/mol. The molecule has 1 atom stereocenters. The van der Waals surface area contributed by atoms with Gasteiger partial charge < -0.3 is 10.0 Å². The molecule has 0 saturated carbocycles. The van der Waals surface area contributed by atoms with Gasteiger partial charge >= 0.3 is 7.12 Å². The van der Waals surface area contributed by atoms with Gasteiger partial charge in [0.05, 0.1) is 0 Å². The van der Waals surface area contributed by atoms with E-state index in [0.717, 1.165) is 32.1 Å². The molecule has 3 heteroatoms. The van der Waals surface area contributed by atoms with Gasteiger partial charge in [-0.05, 0) is 5.82 Å². The molecular formula is C8H19BO2. The Balaban J connectivity index is 3.51. The highest BCUT2D eigenvalue weighted by Crippen LogP contribution is 2.21. The highest BCUT2D eigenvalue weighted by Gasteiger charge is 2.20. The molecule has 0 saturated heterocycles. The van der Waals surface area contributed by atoms with Gasteiger partial charge in [0.2, 0.25) is 0 Å². The Morgan fingerprint density at radius 2 is 1.73 bits per heavy atom. The van der Waals surface area contributed by atoms with Crippen molar-refractivity contribution in [3.05, 3.63) is 0 Å². The van der Waals surface area contributed by atoms with Crippen LogP contribution >= 0.6 is 0 Å². The molecule has 0 rings (SSSR count). The van der Waals surface area contributed by atoms with Crippen LogP contribution in [-0.4, -0.2) is 17.2 Å². The van der Waals surface area contributed by atoms with Gasteiger partial charge in [-0.1, -0.05) is 46.0 Å². The second-order valence-corrected chi connectivity index (χ2v) is 3.10. The van der Waals surface area contributed by atoms with Crippen molar-refractivity contribution in [2.24, 2.45) is 0 Å². The lowest BCUT2D eigenvalue weighted by Crippen LogP contribution is -2.20. The summed E-state index contributed by atoms with van der Waals surface area (Å²) < 4.78 is 0. The van der Waals surface area contributed by atoms with Crippen molar-refractivity contribution in [1.82, 2.24) is 0 Å². The molecule has 11 heavy (non-hydrogen) atoms. The van der Waals surface area contributed by atoms with Gasteiger partial charge in [-0.25, -0.2) is 0 Å². The minimum absolute atomic E-state index is 0.0972. The Bertz CT molecular complexity index is 86.2. The highest BCUT2D eigenvalue weighted by atomic mass is 16.4. The number of hydrogen-bond donors (Lipinski definition) is 2. The number of hydrogen-bond acceptors (Lipinski definition) is 2. The quantitative estimate of drug-likeness (QED) is 0.578. The maximum atomic E-state index is 8.93. The molecule has 0 bridgehead atoms. The van der Waals surface area contributed by atoms with E-state index in [1.807, 2.05) is 0 Å². The van der Waals surface area contributed by atoms with E-state index in [9.17, 15) is 0 Å². The largest absolute Gasteiger partial charge is 0.454 e. The first-order valence-corrected chi connectivity index (χ1v) is 4.58. The zero-order valence-corrected chi connectivity index (χ0v) is 7.58. The van der Waals surface area contributed by atoms with Crippen molar-refractivity contribution >= 4 is 7.12 Å². The van der Waals surface area contributed by atoms with Crippen LogP contribution in [0.1, 0.15) is 46.0 Å². The molecule has 0 fully saturated rings. The lowest BCUT2D eigenvalue weighted by Gasteiger charge is -2.13. The molecule has 1 unspecified atom stereocenters. The van der Waals surface area contributed by atoms with Gasteiger partial charge in [0.15, 0.2) is 0 Å². The molecule has 0 aliphatic rings. The van der Waals surface area contributed by atoms with E-state index in [-0.39, 0.29) is 5.82 Å². The molecule has 0 aliphatic carbocycles. The first-order chi connectivity index (χ1) is 5.22. The van der Waals surface area contributed by atoms with Crippen LogP contribution in [0.2, 0.25) is 5.82 Å². The van der Waals surface area contributed by atoms with Crippen molar-refractivity contribution in [2.75, 3.05) is 0 Å². The zero-order chi connectivity index (χ0) is 8.69. The molecule has 0 heterocycles. The van der Waals surface area contributed by atoms with Crippen molar-refractivity contribution in [3.8, 4) is 0 Å². The van der Waals surface area contributed by atoms with E-state index >= 15 is 0 Å². The van der Waals surface area contributed by atoms with Gasteiger partial charge in [0.1, 0.15) is 0 Å². The topological polar surface area (TPSA) is 40.5 Å². The van der Waals surface area contributed by atoms with Gasteiger partial charge in [-0.2, -0.15) is 0 Å². The van der Waals surface area contributed by atoms with Gasteiger partial charge in [0.25, 0.3) is 0 Å². The van der Waals surface area contributed by atoms with E-state index in [1.165, 1.54) is 0 Å². The van der Waals surface area contributed by atoms with Gasteiger partial charge in [-0.3, -0.25) is 0 Å². The van der Waals surface area contributed by atoms with E-state index in [4.69, 9.17) is 10.0 Å². The minimum atomic E-state index is -1.11. The molecule has 0 spiro atoms. The van der Waals surface area contributed by atoms with Crippen molar-refractivity contribution in [3.63, 3.8) is 0 Å². The summed E-state index contributed by atoms with van der Waals surface area (Å²) in [6.07, 6.45) is 5.14. The third-order valence-corrected chi connectivity index (χ3v) is 2.01. The summed E-state index contributed by atoms with van der Waals surface area (Å²) in [5.41, 5.74) is 0. The van der Waals surface area contributed by atoms with E-state index < -0.39 is 7.12 Å². The smallest absolute Gasteiger partial charge is 0.427 e. The summed E-state index contributed by atoms with van der Waals surface area (Å²) in [7, 11) is -1.11. The fourth-order valence-corrected chi connectivity index (χ4v) is 1.28. The molecule has 0 aromatic rings. The molecule has 2 N–H and O–H groups in total. The van der Waals surface area contributed by atoms with Crippen molar-refractivity contribution in [1.29, 1.82) is 0 Å². The van der Waals surface area contributed by atoms with E-state index in [0.29, 0.717) is 0 Å². The highest BCUT2D eigenvalue weighted by molar-refractivity contribution is 6.43. The minimum Gasteiger partial charge on any atom is -0.427 e. The fourth-order valence-electron chi connectivity index (χ4n) is 1.28. The van der Waals surface area contributed by atoms with Gasteiger partial charge in [-0.15, -0.1) is 0 Å². The summed E-state index contributed by atoms with van der Waals surface area (Å²) in [6, 6.07) is 0. The lowest BCUT2D eigenvalue weighted by molar-refractivity contribution is 0.369. The summed E-state index contributed by atoms with van der Waals surface area (Å²) in [6.45, 7) is 4.19. The van der Waals surface area contributed by atoms with Crippen LogP contribution in [0.3, 0.4) is 0 Å². The Morgan fingerprint density at radius 1 is 1.09 bits per heavy atom. The van der Waals surface area contributed by atoms with Crippen molar-refractivity contribution in [2.45, 2.75) is 51.8 Å². The normalized spacial score (nSPS) is 13.1. The Labute approximate surface area is 69.8 Å². The van der Waals surface area contributed by atoms with Crippen LogP contribution in [-0.2, 0) is 0 Å². The average molecular weight is 158 g/mol. The third-order valence-electron chi connectivity index (χ3n) is 2.01. The summed E-state index contributed by atoms with van der Waals surface area (Å²) in [5.74, 6) is 0.0972. The SMILES string of the molecule is CCCCC(CCC)B(O)O. The Morgan fingerprint density at radius 3 is 2.09 bits per heavy atom. The second-order valence-electron chi connectivity index (χ2n) is 3.10. The third kappa shape index (κ3) is 5.28. The molecule has 2 nitrogen and oxygen atoms in total. The predicted molar refractivity (Wildman–Crippen MR) is 48.4 cm³/mol. The number of rotatable bonds is 6. The predicted octanol–water partition coefficient (Wildman–Crippen LogP) is 1.82. The van der Waals surface area contributed by atoms with Crippen molar-refractivity contribution < 1.29 is 10.0 Å². The zero-order valence-electron chi connectivity index (χ0n) is 7.58. The van der Waals surface area contributed by atoms with Crippen LogP contribution in [0.15, 0.2) is 0 Å². The number of unbranched alkanes of at least 4 members (excludes halogenated alkanes) is 1. The van der Waals surface area contributed by atoms with Crippen LogP contribution in [0, 0.1) is 0 Å². The molecule has 0 amide bonds. The lowest BCUT2D eigenvalue weighted by atomic mass is 9.68. The van der Waals surface area contributed by atoms with Crippen LogP contribution in [0.5, 0.6) is 0 Å². The summed E-state index contributed by atoms with van der Waals surface area (Å²) >= 11 is 0. The molecule has 0 aromatic heterocycles. The van der Waals surface area contributed by atoms with Gasteiger partial charge in [0, 0.05) is 0 Å². The maximum Gasteiger partial charge on any atom is 0.454 e. The second kappa shape index (κ2) is 6.68. The fraction of sp³-hybridized carbons (Fsp3) is 1.00. The molecule has 0 aromatic carbocycles. The Kier molecular flexibility index (Phi) is 6.67. The first-order valence-electron chi connectivity index (χ1n) is 4.58. The van der Waals surface area contributed by atoms with E-state index in [1.54, 1.807) is 0 Å². The molecule has 0 aliphatic heterocycles. The summed E-state index contributed by atoms with van der Waals surface area (Å²) in [4.78, 5) is 0. The maximum absolute atomic E-state index is 8.93. The molecule has 0 radical (unpaired) electrons. The van der Waals surface area contributed by atoms with Crippen LogP contribution in [0.25, 0.3) is 0 Å². The van der Waals surface area contributed by atoms with Crippen LogP contribution < -0.4 is 0 Å². The van der Waals surface area contributed by atoms with Crippen LogP contribution in [0.4, 0.5) is 0 Å².